The standard InChI is InChI=1S/C37H54F4N4O8/c1-20(2)31(44-36(51)52-19-37(4,5)6)34(48)45-18-23(22-10-8-7-9-11-22)16-27(45)33(47)43-26(17-29(39)40)32(46)42-15-14-24-25(38)12-13-28(30(24)41)53-21(3)35(49)50/h12-13,20-23,26-27,29,31H,7-11,14-19H2,1-6H3,(H,42,46)(H,43,47)(H,44,51)(H,49,50)/t21?,23-,26+,27+,31+/m1/s1. The Morgan fingerprint density at radius 3 is 2.23 bits per heavy atom. The Labute approximate surface area is 308 Å². The fourth-order valence-electron chi connectivity index (χ4n) is 6.70. The average molecular weight is 759 g/mol. The van der Waals surface area contributed by atoms with Crippen LogP contribution in [-0.2, 0) is 30.3 Å². The van der Waals surface area contributed by atoms with E-state index in [1.54, 1.807) is 13.8 Å². The monoisotopic (exact) mass is 758 g/mol. The molecule has 1 saturated heterocycles. The predicted octanol–water partition coefficient (Wildman–Crippen LogP) is 5.21. The Kier molecular flexibility index (Phi) is 15.8. The molecule has 1 heterocycles. The van der Waals surface area contributed by atoms with E-state index in [4.69, 9.17) is 14.6 Å². The smallest absolute Gasteiger partial charge is 0.407 e. The van der Waals surface area contributed by atoms with Crippen LogP contribution in [0.15, 0.2) is 12.1 Å². The van der Waals surface area contributed by atoms with E-state index in [1.165, 1.54) is 4.90 Å². The molecule has 1 aromatic rings. The SMILES string of the molecule is CC(Oc1ccc(F)c(CCNC(=O)[C@H](CC(F)F)NC(=O)[C@@H]2C[C@@H](C3CCCCC3)CN2C(=O)[C@@H](NC(=O)OCC(C)(C)C)C(C)C)c1F)C(=O)O. The van der Waals surface area contributed by atoms with Crippen molar-refractivity contribution in [3.05, 3.63) is 29.3 Å². The van der Waals surface area contributed by atoms with Crippen LogP contribution in [-0.4, -0.2) is 90.1 Å². The Morgan fingerprint density at radius 1 is 0.981 bits per heavy atom. The molecule has 2 fully saturated rings. The molecule has 0 bridgehead atoms. The second-order valence-corrected chi connectivity index (χ2v) is 15.6. The Morgan fingerprint density at radius 2 is 1.64 bits per heavy atom. The highest BCUT2D eigenvalue weighted by Crippen LogP contribution is 2.38. The summed E-state index contributed by atoms with van der Waals surface area (Å²) >= 11 is 0. The molecular weight excluding hydrogens is 704 g/mol. The van der Waals surface area contributed by atoms with Crippen molar-refractivity contribution < 1.29 is 56.1 Å². The van der Waals surface area contributed by atoms with Crippen LogP contribution < -0.4 is 20.7 Å². The van der Waals surface area contributed by atoms with Crippen molar-refractivity contribution in [1.82, 2.24) is 20.9 Å². The summed E-state index contributed by atoms with van der Waals surface area (Å²) in [6, 6.07) is -2.13. The molecule has 12 nitrogen and oxygen atoms in total. The van der Waals surface area contributed by atoms with E-state index in [0.717, 1.165) is 51.2 Å². The third-order valence-corrected chi connectivity index (χ3v) is 9.60. The second kappa shape index (κ2) is 19.3. The summed E-state index contributed by atoms with van der Waals surface area (Å²) in [7, 11) is 0. The lowest BCUT2D eigenvalue weighted by Gasteiger charge is -2.31. The number of benzene rings is 1. The van der Waals surface area contributed by atoms with Gasteiger partial charge in [0, 0.05) is 25.1 Å². The lowest BCUT2D eigenvalue weighted by Crippen LogP contribution is -2.57. The van der Waals surface area contributed by atoms with Gasteiger partial charge in [0.15, 0.2) is 17.7 Å². The largest absolute Gasteiger partial charge is 0.479 e. The highest BCUT2D eigenvalue weighted by Gasteiger charge is 2.45. The molecule has 0 spiro atoms. The summed E-state index contributed by atoms with van der Waals surface area (Å²) in [5.41, 5.74) is -0.852. The molecule has 298 valence electrons. The number of likely N-dealkylation sites (tertiary alicyclic amines) is 1. The van der Waals surface area contributed by atoms with Gasteiger partial charge in [0.1, 0.15) is 23.9 Å². The van der Waals surface area contributed by atoms with E-state index < -0.39 is 109 Å². The van der Waals surface area contributed by atoms with Gasteiger partial charge >= 0.3 is 12.1 Å². The van der Waals surface area contributed by atoms with Gasteiger partial charge in [0.25, 0.3) is 0 Å². The lowest BCUT2D eigenvalue weighted by molar-refractivity contribution is -0.144. The number of aliphatic carboxylic acids is 1. The van der Waals surface area contributed by atoms with Crippen LogP contribution in [0.5, 0.6) is 5.75 Å². The topological polar surface area (TPSA) is 163 Å². The van der Waals surface area contributed by atoms with Gasteiger partial charge in [-0.1, -0.05) is 66.7 Å². The van der Waals surface area contributed by atoms with Crippen molar-refractivity contribution in [1.29, 1.82) is 0 Å². The number of carbonyl (C=O) groups is 5. The summed E-state index contributed by atoms with van der Waals surface area (Å²) in [5.74, 6) is -6.70. The van der Waals surface area contributed by atoms with Gasteiger partial charge in [-0.2, -0.15) is 0 Å². The minimum Gasteiger partial charge on any atom is -0.479 e. The van der Waals surface area contributed by atoms with Crippen LogP contribution in [0.3, 0.4) is 0 Å². The number of rotatable bonds is 16. The number of carboxylic acid groups (broad SMARTS) is 1. The van der Waals surface area contributed by atoms with Crippen molar-refractivity contribution in [2.24, 2.45) is 23.2 Å². The van der Waals surface area contributed by atoms with Gasteiger partial charge < -0.3 is 35.4 Å². The number of hydrogen-bond donors (Lipinski definition) is 4. The fourth-order valence-corrected chi connectivity index (χ4v) is 6.70. The van der Waals surface area contributed by atoms with Gasteiger partial charge in [-0.3, -0.25) is 14.4 Å². The van der Waals surface area contributed by atoms with E-state index >= 15 is 0 Å². The van der Waals surface area contributed by atoms with Crippen molar-refractivity contribution in [3.63, 3.8) is 0 Å². The molecule has 4 N–H and O–H groups in total. The van der Waals surface area contributed by atoms with Gasteiger partial charge in [-0.05, 0) is 55.1 Å². The fraction of sp³-hybridized carbons (Fsp3) is 0.703. The number of alkyl halides is 2. The molecule has 53 heavy (non-hydrogen) atoms. The number of nitrogens with zero attached hydrogens (tertiary/aromatic N) is 1. The van der Waals surface area contributed by atoms with Crippen LogP contribution in [0.1, 0.15) is 92.1 Å². The molecule has 1 saturated carbocycles. The number of halogens is 4. The van der Waals surface area contributed by atoms with Gasteiger partial charge in [0.05, 0.1) is 6.61 Å². The first-order valence-electron chi connectivity index (χ1n) is 18.2. The number of nitrogens with one attached hydrogen (secondary N) is 3. The first kappa shape index (κ1) is 43.3. The molecule has 2 aliphatic rings. The minimum atomic E-state index is -3.02. The number of amides is 4. The Bertz CT molecular complexity index is 1450. The average Bonchev–Trinajstić information content (AvgIpc) is 3.54. The first-order chi connectivity index (χ1) is 24.8. The minimum absolute atomic E-state index is 0.0685. The summed E-state index contributed by atoms with van der Waals surface area (Å²) in [6.07, 6.45) is -1.61. The Balaban J connectivity index is 1.77. The molecule has 1 aliphatic carbocycles. The van der Waals surface area contributed by atoms with Crippen molar-refractivity contribution in [2.45, 2.75) is 124 Å². The Hall–Kier alpha value is -4.11. The molecule has 1 aliphatic heterocycles. The maximum atomic E-state index is 15.0. The van der Waals surface area contributed by atoms with Gasteiger partial charge in [-0.15, -0.1) is 0 Å². The number of alkyl carbamates (subject to hydrolysis) is 1. The molecule has 0 aromatic heterocycles. The van der Waals surface area contributed by atoms with E-state index in [0.29, 0.717) is 0 Å². The number of hydrogen-bond acceptors (Lipinski definition) is 7. The third-order valence-electron chi connectivity index (χ3n) is 9.60. The molecule has 5 atom stereocenters. The molecule has 1 unspecified atom stereocenters. The van der Waals surface area contributed by atoms with E-state index in [2.05, 4.69) is 16.0 Å². The first-order valence-corrected chi connectivity index (χ1v) is 18.2. The van der Waals surface area contributed by atoms with Crippen LogP contribution in [0.2, 0.25) is 0 Å². The number of carbonyl (C=O) groups excluding carboxylic acids is 4. The molecule has 16 heteroatoms. The zero-order chi connectivity index (χ0) is 39.6. The maximum Gasteiger partial charge on any atom is 0.407 e. The van der Waals surface area contributed by atoms with Crippen LogP contribution >= 0.6 is 0 Å². The van der Waals surface area contributed by atoms with Crippen molar-refractivity contribution in [3.8, 4) is 5.75 Å². The lowest BCUT2D eigenvalue weighted by atomic mass is 9.79. The normalized spacial score (nSPS) is 19.7. The third kappa shape index (κ3) is 12.8. The molecular formula is C37H54F4N4O8. The molecule has 4 amide bonds. The van der Waals surface area contributed by atoms with Gasteiger partial charge in [-0.25, -0.2) is 27.2 Å². The highest BCUT2D eigenvalue weighted by atomic mass is 19.3. The number of carboxylic acids is 1. The number of ether oxygens (including phenoxy) is 2. The van der Waals surface area contributed by atoms with Crippen LogP contribution in [0.25, 0.3) is 0 Å². The highest BCUT2D eigenvalue weighted by molar-refractivity contribution is 5.94. The maximum absolute atomic E-state index is 15.0. The molecule has 1 aromatic carbocycles. The van der Waals surface area contributed by atoms with Crippen LogP contribution in [0, 0.1) is 34.8 Å². The molecule has 3 rings (SSSR count). The summed E-state index contributed by atoms with van der Waals surface area (Å²) in [4.78, 5) is 66.3. The van der Waals surface area contributed by atoms with Crippen molar-refractivity contribution >= 4 is 29.8 Å². The van der Waals surface area contributed by atoms with Gasteiger partial charge in [0.2, 0.25) is 24.1 Å². The van der Waals surface area contributed by atoms with Crippen molar-refractivity contribution in [2.75, 3.05) is 19.7 Å². The van der Waals surface area contributed by atoms with E-state index in [9.17, 15) is 41.5 Å². The summed E-state index contributed by atoms with van der Waals surface area (Å²) in [6.45, 7) is 10.1. The summed E-state index contributed by atoms with van der Waals surface area (Å²) in [5, 5.41) is 16.4. The summed E-state index contributed by atoms with van der Waals surface area (Å²) < 4.78 is 67.3. The predicted molar refractivity (Wildman–Crippen MR) is 186 cm³/mol. The second-order valence-electron chi connectivity index (χ2n) is 15.6. The van der Waals surface area contributed by atoms with Crippen LogP contribution in [0.4, 0.5) is 22.4 Å². The van der Waals surface area contributed by atoms with E-state index in [1.807, 2.05) is 20.8 Å². The quantitative estimate of drug-likeness (QED) is 0.167. The molecule has 0 radical (unpaired) electrons. The van der Waals surface area contributed by atoms with E-state index in [-0.39, 0.29) is 36.8 Å². The zero-order valence-corrected chi connectivity index (χ0v) is 31.3. The zero-order valence-electron chi connectivity index (χ0n) is 31.3.